The summed E-state index contributed by atoms with van der Waals surface area (Å²) in [5, 5.41) is 27.6. The highest BCUT2D eigenvalue weighted by Gasteiger charge is 2.31. The second kappa shape index (κ2) is 9.36. The van der Waals surface area contributed by atoms with E-state index in [4.69, 9.17) is 5.26 Å². The maximum Gasteiger partial charge on any atom is 0.416 e. The topological polar surface area (TPSA) is 129 Å². The molecule has 0 radical (unpaired) electrons. The number of benzene rings is 1. The van der Waals surface area contributed by atoms with Crippen LogP contribution in [0, 0.1) is 11.3 Å². The second-order valence-corrected chi connectivity index (χ2v) is 5.41. The van der Waals surface area contributed by atoms with Crippen molar-refractivity contribution in [3.05, 3.63) is 35.8 Å². The molecule has 9 nitrogen and oxygen atoms in total. The lowest BCUT2D eigenvalue weighted by Crippen LogP contribution is -2.10. The van der Waals surface area contributed by atoms with Gasteiger partial charge in [0.25, 0.3) is 0 Å². The molecule has 12 heteroatoms. The molecule has 0 aliphatic carbocycles. The predicted molar refractivity (Wildman–Crippen MR) is 92.6 cm³/mol. The van der Waals surface area contributed by atoms with E-state index in [9.17, 15) is 18.0 Å². The minimum atomic E-state index is -4.53. The molecule has 1 aromatic heterocycles. The monoisotopic (exact) mass is 395 g/mol. The number of halogens is 3. The van der Waals surface area contributed by atoms with Crippen LogP contribution in [0.3, 0.4) is 0 Å². The largest absolute Gasteiger partial charge is 0.469 e. The van der Waals surface area contributed by atoms with E-state index in [1.54, 1.807) is 0 Å². The van der Waals surface area contributed by atoms with Gasteiger partial charge >= 0.3 is 12.1 Å². The fraction of sp³-hybridized carbons (Fsp3) is 0.312. The molecule has 1 heterocycles. The zero-order valence-electron chi connectivity index (χ0n) is 14.7. The number of nitrogens with zero attached hydrogens (tertiary/aromatic N) is 4. The summed E-state index contributed by atoms with van der Waals surface area (Å²) in [5.74, 6) is -0.385. The SMILES string of the molecule is COC(=O)CCCNc1ccc(C(F)(F)F)cc1NC=C(C#N)c1nn[nH]n1. The van der Waals surface area contributed by atoms with Gasteiger partial charge < -0.3 is 15.4 Å². The van der Waals surface area contributed by atoms with Gasteiger partial charge in [-0.15, -0.1) is 10.2 Å². The summed E-state index contributed by atoms with van der Waals surface area (Å²) in [6.07, 6.45) is -2.76. The highest BCUT2D eigenvalue weighted by molar-refractivity contribution is 5.77. The number of tetrazole rings is 1. The van der Waals surface area contributed by atoms with E-state index >= 15 is 0 Å². The van der Waals surface area contributed by atoms with E-state index in [1.807, 2.05) is 6.07 Å². The number of allylic oxidation sites excluding steroid dienone is 1. The Bertz CT molecular complexity index is 873. The second-order valence-electron chi connectivity index (χ2n) is 5.41. The number of rotatable bonds is 8. The Balaban J connectivity index is 2.20. The summed E-state index contributed by atoms with van der Waals surface area (Å²) >= 11 is 0. The van der Waals surface area contributed by atoms with Crippen LogP contribution in [0.25, 0.3) is 5.57 Å². The van der Waals surface area contributed by atoms with Gasteiger partial charge in [-0.1, -0.05) is 0 Å². The Morgan fingerprint density at radius 2 is 2.18 bits per heavy atom. The first kappa shape index (κ1) is 20.7. The Morgan fingerprint density at radius 1 is 1.39 bits per heavy atom. The molecule has 0 saturated carbocycles. The van der Waals surface area contributed by atoms with Crippen LogP contribution >= 0.6 is 0 Å². The van der Waals surface area contributed by atoms with Crippen LogP contribution in [0.5, 0.6) is 0 Å². The van der Waals surface area contributed by atoms with Crippen LogP contribution in [-0.4, -0.2) is 40.2 Å². The minimum absolute atomic E-state index is 0.00503. The molecule has 28 heavy (non-hydrogen) atoms. The molecule has 0 fully saturated rings. The zero-order chi connectivity index (χ0) is 20.6. The minimum Gasteiger partial charge on any atom is -0.469 e. The van der Waals surface area contributed by atoms with Gasteiger partial charge in [-0.2, -0.15) is 23.6 Å². The van der Waals surface area contributed by atoms with E-state index in [0.29, 0.717) is 18.7 Å². The van der Waals surface area contributed by atoms with E-state index in [1.165, 1.54) is 19.4 Å². The Kier molecular flexibility index (Phi) is 6.91. The highest BCUT2D eigenvalue weighted by Crippen LogP contribution is 2.34. The van der Waals surface area contributed by atoms with Crippen molar-refractivity contribution in [2.75, 3.05) is 24.3 Å². The fourth-order valence-electron chi connectivity index (χ4n) is 2.12. The van der Waals surface area contributed by atoms with Crippen LogP contribution in [0.2, 0.25) is 0 Å². The number of carbonyl (C=O) groups excluding carboxylic acids is 1. The van der Waals surface area contributed by atoms with Gasteiger partial charge in [-0.25, -0.2) is 0 Å². The number of carbonyl (C=O) groups is 1. The third-order valence-electron chi connectivity index (χ3n) is 3.53. The average Bonchev–Trinajstić information content (AvgIpc) is 3.20. The van der Waals surface area contributed by atoms with E-state index in [-0.39, 0.29) is 29.5 Å². The van der Waals surface area contributed by atoms with Crippen molar-refractivity contribution in [3.8, 4) is 6.07 Å². The average molecular weight is 395 g/mol. The molecular weight excluding hydrogens is 379 g/mol. The van der Waals surface area contributed by atoms with Gasteiger partial charge in [-0.05, 0) is 29.8 Å². The normalized spacial score (nSPS) is 11.6. The van der Waals surface area contributed by atoms with Crippen LogP contribution in [0.15, 0.2) is 24.4 Å². The van der Waals surface area contributed by atoms with Crippen molar-refractivity contribution in [2.24, 2.45) is 0 Å². The first-order chi connectivity index (χ1) is 13.3. The van der Waals surface area contributed by atoms with E-state index in [0.717, 1.165) is 12.1 Å². The summed E-state index contributed by atoms with van der Waals surface area (Å²) < 4.78 is 43.6. The maximum atomic E-state index is 13.0. The predicted octanol–water partition coefficient (Wildman–Crippen LogP) is 2.56. The summed E-state index contributed by atoms with van der Waals surface area (Å²) in [7, 11) is 1.27. The maximum absolute atomic E-state index is 13.0. The Hall–Kier alpha value is -3.62. The fourth-order valence-corrected chi connectivity index (χ4v) is 2.12. The number of nitriles is 1. The number of anilines is 2. The molecular formula is C16H16F3N7O2. The number of methoxy groups -OCH3 is 1. The van der Waals surface area contributed by atoms with Gasteiger partial charge in [0.15, 0.2) is 0 Å². The molecule has 1 aromatic carbocycles. The number of hydrogen-bond acceptors (Lipinski definition) is 8. The summed E-state index contributed by atoms with van der Waals surface area (Å²) in [5.41, 5.74) is -0.437. The lowest BCUT2D eigenvalue weighted by Gasteiger charge is -2.15. The van der Waals surface area contributed by atoms with Crippen molar-refractivity contribution in [2.45, 2.75) is 19.0 Å². The number of ether oxygens (including phenoxy) is 1. The molecule has 0 bridgehead atoms. The molecule has 3 N–H and O–H groups in total. The van der Waals surface area contributed by atoms with E-state index in [2.05, 4.69) is 36.0 Å². The third-order valence-corrected chi connectivity index (χ3v) is 3.53. The molecule has 2 aromatic rings. The summed E-state index contributed by atoms with van der Waals surface area (Å²) in [4.78, 5) is 11.1. The van der Waals surface area contributed by atoms with Crippen LogP contribution < -0.4 is 10.6 Å². The first-order valence-corrected chi connectivity index (χ1v) is 7.97. The quantitative estimate of drug-likeness (QED) is 0.353. The van der Waals surface area contributed by atoms with E-state index < -0.39 is 11.7 Å². The lowest BCUT2D eigenvalue weighted by molar-refractivity contribution is -0.140. The number of nitrogens with one attached hydrogen (secondary N) is 3. The van der Waals surface area contributed by atoms with Crippen LogP contribution in [0.1, 0.15) is 24.2 Å². The van der Waals surface area contributed by atoms with Crippen molar-refractivity contribution in [3.63, 3.8) is 0 Å². The molecule has 0 spiro atoms. The summed E-state index contributed by atoms with van der Waals surface area (Å²) in [6, 6.07) is 4.93. The Morgan fingerprint density at radius 3 is 2.79 bits per heavy atom. The first-order valence-electron chi connectivity index (χ1n) is 7.97. The van der Waals surface area contributed by atoms with Crippen molar-refractivity contribution < 1.29 is 22.7 Å². The smallest absolute Gasteiger partial charge is 0.416 e. The number of aromatic nitrogens is 4. The van der Waals surface area contributed by atoms with Gasteiger partial charge in [0.05, 0.1) is 24.0 Å². The molecule has 0 atom stereocenters. The van der Waals surface area contributed by atoms with Gasteiger partial charge in [0, 0.05) is 19.2 Å². The van der Waals surface area contributed by atoms with Gasteiger partial charge in [0.2, 0.25) is 5.82 Å². The highest BCUT2D eigenvalue weighted by atomic mass is 19.4. The lowest BCUT2D eigenvalue weighted by atomic mass is 10.1. The number of esters is 1. The number of alkyl halides is 3. The summed E-state index contributed by atoms with van der Waals surface area (Å²) in [6.45, 7) is 0.328. The molecule has 148 valence electrons. The third kappa shape index (κ3) is 5.70. The molecule has 2 rings (SSSR count). The van der Waals surface area contributed by atoms with Crippen molar-refractivity contribution in [1.29, 1.82) is 5.26 Å². The standard InChI is InChI=1S/C16H16F3N7O2/c1-28-14(27)3-2-6-21-12-5-4-11(16(17,18)19)7-13(12)22-9-10(8-20)15-23-25-26-24-15/h4-5,7,9,21-22H,2-3,6H2,1H3,(H,23,24,25,26). The number of aromatic amines is 1. The van der Waals surface area contributed by atoms with Crippen molar-refractivity contribution >= 4 is 22.9 Å². The number of H-pyrrole nitrogens is 1. The van der Waals surface area contributed by atoms with Crippen molar-refractivity contribution in [1.82, 2.24) is 20.6 Å². The Labute approximate surface area is 157 Å². The molecule has 0 amide bonds. The van der Waals surface area contributed by atoms with Gasteiger partial charge in [-0.3, -0.25) is 4.79 Å². The van der Waals surface area contributed by atoms with Crippen LogP contribution in [-0.2, 0) is 15.7 Å². The molecule has 0 saturated heterocycles. The molecule has 0 aliphatic heterocycles. The molecule has 0 aliphatic rings. The van der Waals surface area contributed by atoms with Gasteiger partial charge in [0.1, 0.15) is 11.6 Å². The zero-order valence-corrected chi connectivity index (χ0v) is 14.7. The number of hydrogen-bond donors (Lipinski definition) is 3. The molecule has 0 unspecified atom stereocenters. The van der Waals surface area contributed by atoms with Crippen LogP contribution in [0.4, 0.5) is 24.5 Å².